The molecular weight excluding hydrogens is 209 g/mol. The van der Waals surface area contributed by atoms with Crippen LogP contribution in [0, 0.1) is 0 Å². The fourth-order valence-electron chi connectivity index (χ4n) is 1.21. The van der Waals surface area contributed by atoms with Crippen LogP contribution < -0.4 is 5.73 Å². The molecule has 0 saturated heterocycles. The van der Waals surface area contributed by atoms with Crippen LogP contribution in [0.4, 0.5) is 0 Å². The number of nitrogens with two attached hydrogens (primary N) is 1. The van der Waals surface area contributed by atoms with Gasteiger partial charge in [0.1, 0.15) is 5.76 Å². The van der Waals surface area contributed by atoms with E-state index in [-0.39, 0.29) is 0 Å². The molecule has 2 aromatic rings. The van der Waals surface area contributed by atoms with Crippen molar-refractivity contribution in [2.75, 3.05) is 0 Å². The van der Waals surface area contributed by atoms with Crippen LogP contribution in [0.2, 0.25) is 10.0 Å². The number of hydrogen-bond donors (Lipinski definition) is 1. The standard InChI is InChI=1S/C9H7Cl2NO/c10-7-1-2-8(11)9-6(7)3-5(4-12)13-9/h1-3H,4,12H2. The highest BCUT2D eigenvalue weighted by molar-refractivity contribution is 6.39. The Morgan fingerprint density at radius 3 is 2.54 bits per heavy atom. The monoisotopic (exact) mass is 215 g/mol. The highest BCUT2D eigenvalue weighted by atomic mass is 35.5. The van der Waals surface area contributed by atoms with Crippen LogP contribution in [0.25, 0.3) is 11.0 Å². The number of benzene rings is 1. The summed E-state index contributed by atoms with van der Waals surface area (Å²) >= 11 is 11.8. The third-order valence-electron chi connectivity index (χ3n) is 1.83. The van der Waals surface area contributed by atoms with E-state index < -0.39 is 0 Å². The molecule has 4 heteroatoms. The summed E-state index contributed by atoms with van der Waals surface area (Å²) in [5.74, 6) is 0.685. The molecule has 0 spiro atoms. The maximum absolute atomic E-state index is 5.94. The van der Waals surface area contributed by atoms with E-state index in [4.69, 9.17) is 33.4 Å². The third-order valence-corrected chi connectivity index (χ3v) is 2.46. The third kappa shape index (κ3) is 1.41. The van der Waals surface area contributed by atoms with Gasteiger partial charge in [0.25, 0.3) is 0 Å². The van der Waals surface area contributed by atoms with Gasteiger partial charge in [-0.2, -0.15) is 0 Å². The zero-order valence-electron chi connectivity index (χ0n) is 6.68. The predicted molar refractivity (Wildman–Crippen MR) is 54.1 cm³/mol. The summed E-state index contributed by atoms with van der Waals surface area (Å²) in [6, 6.07) is 5.25. The number of halogens is 2. The molecule has 0 fully saturated rings. The minimum atomic E-state index is 0.349. The van der Waals surface area contributed by atoms with Gasteiger partial charge in [-0.3, -0.25) is 0 Å². The van der Waals surface area contributed by atoms with E-state index in [0.717, 1.165) is 5.39 Å². The minimum Gasteiger partial charge on any atom is -0.458 e. The van der Waals surface area contributed by atoms with Crippen molar-refractivity contribution in [2.45, 2.75) is 6.54 Å². The molecule has 2 rings (SSSR count). The molecule has 2 nitrogen and oxygen atoms in total. The van der Waals surface area contributed by atoms with Gasteiger partial charge in [-0.1, -0.05) is 23.2 Å². The Morgan fingerprint density at radius 2 is 1.92 bits per heavy atom. The van der Waals surface area contributed by atoms with Gasteiger partial charge in [-0.15, -0.1) is 0 Å². The normalized spacial score (nSPS) is 11.0. The van der Waals surface area contributed by atoms with Gasteiger partial charge >= 0.3 is 0 Å². The fourth-order valence-corrected chi connectivity index (χ4v) is 1.62. The molecular formula is C9H7Cl2NO. The number of fused-ring (bicyclic) bond motifs is 1. The van der Waals surface area contributed by atoms with Crippen molar-refractivity contribution < 1.29 is 4.42 Å². The van der Waals surface area contributed by atoms with Crippen molar-refractivity contribution in [1.82, 2.24) is 0 Å². The van der Waals surface area contributed by atoms with Crippen LogP contribution in [-0.2, 0) is 6.54 Å². The molecule has 0 saturated carbocycles. The number of hydrogen-bond acceptors (Lipinski definition) is 2. The largest absolute Gasteiger partial charge is 0.458 e. The molecule has 1 aromatic carbocycles. The van der Waals surface area contributed by atoms with Gasteiger partial charge in [0.15, 0.2) is 5.58 Å². The Hall–Kier alpha value is -0.700. The van der Waals surface area contributed by atoms with Crippen molar-refractivity contribution in [3.8, 4) is 0 Å². The van der Waals surface area contributed by atoms with E-state index in [1.807, 2.05) is 6.07 Å². The minimum absolute atomic E-state index is 0.349. The summed E-state index contributed by atoms with van der Waals surface area (Å²) in [5.41, 5.74) is 6.04. The summed E-state index contributed by atoms with van der Waals surface area (Å²) in [4.78, 5) is 0. The number of furan rings is 1. The summed E-state index contributed by atoms with van der Waals surface area (Å²) < 4.78 is 5.39. The highest BCUT2D eigenvalue weighted by Gasteiger charge is 2.08. The molecule has 1 heterocycles. The van der Waals surface area contributed by atoms with Crippen LogP contribution in [0.15, 0.2) is 22.6 Å². The molecule has 0 unspecified atom stereocenters. The topological polar surface area (TPSA) is 39.2 Å². The lowest BCUT2D eigenvalue weighted by Gasteiger charge is -1.93. The van der Waals surface area contributed by atoms with E-state index in [2.05, 4.69) is 0 Å². The first-order chi connectivity index (χ1) is 6.22. The Balaban J connectivity index is 2.80. The lowest BCUT2D eigenvalue weighted by molar-refractivity contribution is 0.552. The van der Waals surface area contributed by atoms with E-state index in [1.54, 1.807) is 12.1 Å². The van der Waals surface area contributed by atoms with E-state index in [9.17, 15) is 0 Å². The van der Waals surface area contributed by atoms with E-state index >= 15 is 0 Å². The molecule has 2 N–H and O–H groups in total. The Kier molecular flexibility index (Phi) is 2.20. The molecule has 1 aromatic heterocycles. The van der Waals surface area contributed by atoms with Crippen molar-refractivity contribution in [1.29, 1.82) is 0 Å². The van der Waals surface area contributed by atoms with Gasteiger partial charge in [0.2, 0.25) is 0 Å². The molecule has 0 bridgehead atoms. The molecule has 0 radical (unpaired) electrons. The molecule has 0 aliphatic rings. The Labute approximate surface area is 85.2 Å². The summed E-state index contributed by atoms with van der Waals surface area (Å²) in [7, 11) is 0. The van der Waals surface area contributed by atoms with Crippen LogP contribution in [0.1, 0.15) is 5.76 Å². The van der Waals surface area contributed by atoms with Crippen LogP contribution >= 0.6 is 23.2 Å². The maximum Gasteiger partial charge on any atom is 0.154 e. The van der Waals surface area contributed by atoms with Crippen molar-refractivity contribution in [2.24, 2.45) is 5.73 Å². The molecule has 68 valence electrons. The molecule has 0 atom stereocenters. The predicted octanol–water partition coefficient (Wildman–Crippen LogP) is 3.20. The summed E-state index contributed by atoms with van der Waals surface area (Å²) in [6.45, 7) is 0.349. The number of rotatable bonds is 1. The van der Waals surface area contributed by atoms with Gasteiger partial charge in [-0.25, -0.2) is 0 Å². The zero-order chi connectivity index (χ0) is 9.42. The maximum atomic E-state index is 5.94. The molecule has 0 aliphatic carbocycles. The van der Waals surface area contributed by atoms with Gasteiger partial charge < -0.3 is 10.2 Å². The van der Waals surface area contributed by atoms with E-state index in [1.165, 1.54) is 0 Å². The lowest BCUT2D eigenvalue weighted by Crippen LogP contribution is -1.92. The van der Waals surface area contributed by atoms with Crippen molar-refractivity contribution in [3.05, 3.63) is 34.0 Å². The Bertz CT molecular complexity index is 411. The van der Waals surface area contributed by atoms with Crippen LogP contribution in [-0.4, -0.2) is 0 Å². The Morgan fingerprint density at radius 1 is 1.23 bits per heavy atom. The second-order valence-corrected chi connectivity index (χ2v) is 3.50. The molecule has 13 heavy (non-hydrogen) atoms. The highest BCUT2D eigenvalue weighted by Crippen LogP contribution is 2.32. The summed E-state index contributed by atoms with van der Waals surface area (Å²) in [5, 5.41) is 2.00. The van der Waals surface area contributed by atoms with Crippen LogP contribution in [0.3, 0.4) is 0 Å². The average Bonchev–Trinajstić information content (AvgIpc) is 2.56. The van der Waals surface area contributed by atoms with Gasteiger partial charge in [-0.05, 0) is 18.2 Å². The quantitative estimate of drug-likeness (QED) is 0.794. The fraction of sp³-hybridized carbons (Fsp3) is 0.111. The first-order valence-electron chi connectivity index (χ1n) is 3.79. The van der Waals surface area contributed by atoms with Gasteiger partial charge in [0, 0.05) is 5.39 Å². The van der Waals surface area contributed by atoms with E-state index in [0.29, 0.717) is 27.9 Å². The second-order valence-electron chi connectivity index (χ2n) is 2.69. The lowest BCUT2D eigenvalue weighted by atomic mass is 10.2. The molecule has 0 aliphatic heterocycles. The van der Waals surface area contributed by atoms with Gasteiger partial charge in [0.05, 0.1) is 16.6 Å². The van der Waals surface area contributed by atoms with Crippen LogP contribution in [0.5, 0.6) is 0 Å². The SMILES string of the molecule is NCc1cc2c(Cl)ccc(Cl)c2o1. The first kappa shape index (κ1) is 8.88. The molecule has 0 amide bonds. The van der Waals surface area contributed by atoms with Crippen molar-refractivity contribution >= 4 is 34.2 Å². The second kappa shape index (κ2) is 3.22. The first-order valence-corrected chi connectivity index (χ1v) is 4.54. The average molecular weight is 216 g/mol. The zero-order valence-corrected chi connectivity index (χ0v) is 8.19. The summed E-state index contributed by atoms with van der Waals surface area (Å²) in [6.07, 6.45) is 0. The van der Waals surface area contributed by atoms with Crippen molar-refractivity contribution in [3.63, 3.8) is 0 Å². The smallest absolute Gasteiger partial charge is 0.154 e.